The molecule has 16 nitrogen and oxygen atoms in total. The second-order valence-electron chi connectivity index (χ2n) is 37.4. The third-order valence-corrected chi connectivity index (χ3v) is 10.7. The molecule has 0 heterocycles. The minimum absolute atomic E-state index is 0.00694. The van der Waals surface area contributed by atoms with Gasteiger partial charge in [-0.2, -0.15) is 0 Å². The summed E-state index contributed by atoms with van der Waals surface area (Å²) in [6, 6.07) is 0. The summed E-state index contributed by atoms with van der Waals surface area (Å²) in [7, 11) is 1.67. The molecule has 0 aromatic heterocycles. The SMILES string of the molecule is C=C(CC(C)C)OC(C)(C)C.CC(=O)C(C)(C)OC(C)(C)C.CC(=O)C(C)(C)OC(C)(C)C.CC(=O)COC(C)(C)C.CC(=O)COC(C)(C)C.CC(C)(C)C(C)(C)O.CC(C)(C)CC(O)CO.CC(C)(C)COC(C)(C)C.CCCOC(C)(C)C.COCCOC(C)(C)C. The molecule has 0 saturated heterocycles. The van der Waals surface area contributed by atoms with Gasteiger partial charge in [0.05, 0.1) is 83.1 Å². The van der Waals surface area contributed by atoms with E-state index in [1.165, 1.54) is 13.8 Å². The molecule has 0 spiro atoms. The summed E-state index contributed by atoms with van der Waals surface area (Å²) in [5.74, 6) is 1.80. The zero-order valence-electron chi connectivity index (χ0n) is 72.1. The largest absolute Gasteiger partial charge is 0.493 e. The van der Waals surface area contributed by atoms with Gasteiger partial charge in [-0.05, 0) is 270 Å². The molecule has 0 fully saturated rings. The molecule has 1 unspecified atom stereocenters. The van der Waals surface area contributed by atoms with E-state index in [2.05, 4.69) is 89.7 Å². The van der Waals surface area contributed by atoms with Crippen molar-refractivity contribution in [3.63, 3.8) is 0 Å². The Balaban J connectivity index is -0.000000106. The molecule has 580 valence electrons. The summed E-state index contributed by atoms with van der Waals surface area (Å²) in [5, 5.41) is 26.7. The van der Waals surface area contributed by atoms with Gasteiger partial charge in [0, 0.05) is 20.1 Å². The van der Waals surface area contributed by atoms with E-state index >= 15 is 0 Å². The average molecular weight is 1370 g/mol. The maximum absolute atomic E-state index is 11.0. The molecule has 0 saturated carbocycles. The fourth-order valence-corrected chi connectivity index (χ4v) is 5.28. The molecule has 0 radical (unpaired) electrons. The van der Waals surface area contributed by atoms with Gasteiger partial charge in [0.2, 0.25) is 0 Å². The zero-order valence-corrected chi connectivity index (χ0v) is 72.1. The molecule has 1 atom stereocenters. The van der Waals surface area contributed by atoms with Gasteiger partial charge in [-0.25, -0.2) is 0 Å². The predicted octanol–water partition coefficient (Wildman–Crippen LogP) is 19.6. The smallest absolute Gasteiger partial charge is 0.161 e. The minimum Gasteiger partial charge on any atom is -0.493 e. The number of rotatable bonds is 19. The normalized spacial score (nSPS) is 12.9. The van der Waals surface area contributed by atoms with E-state index in [9.17, 15) is 24.3 Å². The van der Waals surface area contributed by atoms with Crippen molar-refractivity contribution < 1.29 is 77.1 Å². The number of methoxy groups -OCH3 is 1. The van der Waals surface area contributed by atoms with Crippen molar-refractivity contribution in [3.8, 4) is 0 Å². The van der Waals surface area contributed by atoms with Crippen LogP contribution in [0.5, 0.6) is 0 Å². The Bertz CT molecular complexity index is 1810. The molecule has 0 aliphatic rings. The van der Waals surface area contributed by atoms with Crippen LogP contribution in [0.15, 0.2) is 12.3 Å². The number of hydrogen-bond acceptors (Lipinski definition) is 16. The zero-order chi connectivity index (χ0) is 79.5. The first-order valence-electron chi connectivity index (χ1n) is 34.5. The number of aliphatic hydroxyl groups excluding tert-OH is 2. The first-order chi connectivity index (χ1) is 41.0. The minimum atomic E-state index is -0.655. The fraction of sp³-hybridized carbons (Fsp3) is 0.924. The number of carbonyl (C=O) groups excluding carboxylic acids is 4. The highest BCUT2D eigenvalue weighted by atomic mass is 16.5. The highest BCUT2D eigenvalue weighted by Gasteiger charge is 2.32. The van der Waals surface area contributed by atoms with Crippen LogP contribution in [0, 0.1) is 22.2 Å². The third kappa shape index (κ3) is 125. The lowest BCUT2D eigenvalue weighted by Gasteiger charge is -2.33. The van der Waals surface area contributed by atoms with Crippen LogP contribution in [0.2, 0.25) is 0 Å². The lowest BCUT2D eigenvalue weighted by atomic mass is 9.79. The van der Waals surface area contributed by atoms with E-state index < -0.39 is 22.9 Å². The van der Waals surface area contributed by atoms with Crippen LogP contribution < -0.4 is 0 Å². The molecule has 0 aliphatic carbocycles. The van der Waals surface area contributed by atoms with Crippen LogP contribution in [-0.2, 0) is 61.8 Å². The summed E-state index contributed by atoms with van der Waals surface area (Å²) in [6.45, 7) is 97.2. The molecule has 0 amide bonds. The molecule has 0 aromatic carbocycles. The topological polar surface area (TPSA) is 212 Å². The van der Waals surface area contributed by atoms with Crippen LogP contribution >= 0.6 is 0 Å². The van der Waals surface area contributed by atoms with E-state index in [4.69, 9.17) is 52.8 Å². The fourth-order valence-electron chi connectivity index (χ4n) is 5.28. The number of ketones is 4. The highest BCUT2D eigenvalue weighted by Crippen LogP contribution is 2.29. The Labute approximate surface area is 591 Å². The quantitative estimate of drug-likeness (QED) is 0.0810. The summed E-state index contributed by atoms with van der Waals surface area (Å²) in [4.78, 5) is 42.8. The second kappa shape index (κ2) is 51.0. The molecule has 95 heavy (non-hydrogen) atoms. The third-order valence-electron chi connectivity index (χ3n) is 10.7. The van der Waals surface area contributed by atoms with Gasteiger partial charge in [-0.3, -0.25) is 19.2 Å². The maximum atomic E-state index is 11.0. The Kier molecular flexibility index (Phi) is 61.2. The molecular formula is C79H168O16. The summed E-state index contributed by atoms with van der Waals surface area (Å²) in [5.41, 5.74) is -2.43. The molecule has 0 rings (SSSR count). The standard InChI is InChI=1S/C10H20O.2C9H18O2.C9H20O.2C7H16O2.2C7H14O2.2C7H16O/c1-8(2)7-9(3)11-10(4,5)6;2*1-7(10)9(5,6)11-8(2,3)4;1-8(2,3)7-10-9(4,5)6;1-7(2,3)9-6-5-8-4;1-7(2,3)4-6(9)5-8;2*1-6(8)5-9-7(2,3)4;1-6(2,3)7(4,5)8;1-5-6-8-7(2,3)4/h8H,3,7H2,1-2,4-6H3;2*1-6H3;7H2,1-6H3;5-6H2,1-4H3;6,8-9H,4-5H2,1-3H3;2*5H2,1-4H3;8H,1-5H3;5-6H2,1-4H3. The first-order valence-corrected chi connectivity index (χ1v) is 34.5. The number of ether oxygens (including phenoxy) is 9. The Morgan fingerprint density at radius 1 is 0.421 bits per heavy atom. The molecule has 0 bridgehead atoms. The molecule has 16 heteroatoms. The highest BCUT2D eigenvalue weighted by molar-refractivity contribution is 5.84. The van der Waals surface area contributed by atoms with Gasteiger partial charge in [0.25, 0.3) is 0 Å². The summed E-state index contributed by atoms with van der Waals surface area (Å²) < 4.78 is 48.0. The average Bonchev–Trinajstić information content (AvgIpc) is 0.890. The monoisotopic (exact) mass is 1370 g/mol. The van der Waals surface area contributed by atoms with Crippen molar-refractivity contribution in [1.82, 2.24) is 0 Å². The number of Topliss-reactive ketones (excluding diaryl/α,β-unsaturated/α-hetero) is 4. The first kappa shape index (κ1) is 114. The summed E-state index contributed by atoms with van der Waals surface area (Å²) >= 11 is 0. The van der Waals surface area contributed by atoms with Crippen molar-refractivity contribution in [1.29, 1.82) is 0 Å². The van der Waals surface area contributed by atoms with Gasteiger partial charge < -0.3 is 58.0 Å². The van der Waals surface area contributed by atoms with Gasteiger partial charge in [-0.1, -0.05) is 89.7 Å². The molecule has 0 aliphatic heterocycles. The molecular weight excluding hydrogens is 1200 g/mol. The second-order valence-corrected chi connectivity index (χ2v) is 37.4. The van der Waals surface area contributed by atoms with E-state index in [1.807, 2.05) is 180 Å². The van der Waals surface area contributed by atoms with E-state index in [0.717, 1.165) is 31.8 Å². The van der Waals surface area contributed by atoms with Gasteiger partial charge >= 0.3 is 0 Å². The van der Waals surface area contributed by atoms with E-state index in [0.29, 0.717) is 25.6 Å². The lowest BCUT2D eigenvalue weighted by Crippen LogP contribution is -2.40. The predicted molar refractivity (Wildman–Crippen MR) is 405 cm³/mol. The van der Waals surface area contributed by atoms with Crippen LogP contribution in [0.1, 0.15) is 338 Å². The van der Waals surface area contributed by atoms with Gasteiger partial charge in [0.15, 0.2) is 23.1 Å². The Morgan fingerprint density at radius 3 is 0.821 bits per heavy atom. The number of carbonyl (C=O) groups is 4. The lowest BCUT2D eigenvalue weighted by molar-refractivity contribution is -0.155. The molecule has 3 N–H and O–H groups in total. The van der Waals surface area contributed by atoms with Crippen molar-refractivity contribution in [2.45, 2.75) is 405 Å². The maximum Gasteiger partial charge on any atom is 0.161 e. The number of hydrogen-bond donors (Lipinski definition) is 3. The van der Waals surface area contributed by atoms with Crippen molar-refractivity contribution in [2.75, 3.05) is 53.4 Å². The van der Waals surface area contributed by atoms with Crippen molar-refractivity contribution in [3.05, 3.63) is 12.3 Å². The number of allylic oxidation sites excluding steroid dienone is 1. The van der Waals surface area contributed by atoms with Crippen molar-refractivity contribution in [2.24, 2.45) is 22.2 Å². The number of aliphatic hydroxyl groups is 3. The van der Waals surface area contributed by atoms with E-state index in [-0.39, 0.29) is 104 Å². The Hall–Kier alpha value is -2.22. The van der Waals surface area contributed by atoms with Gasteiger partial charge in [0.1, 0.15) is 30.0 Å². The van der Waals surface area contributed by atoms with Crippen LogP contribution in [0.25, 0.3) is 0 Å². The molecule has 0 aromatic rings. The van der Waals surface area contributed by atoms with E-state index in [1.54, 1.807) is 48.7 Å². The van der Waals surface area contributed by atoms with Crippen LogP contribution in [-0.4, -0.2) is 160 Å². The van der Waals surface area contributed by atoms with Crippen molar-refractivity contribution >= 4 is 23.1 Å². The van der Waals surface area contributed by atoms with Crippen LogP contribution in [0.3, 0.4) is 0 Å². The summed E-state index contributed by atoms with van der Waals surface area (Å²) in [6.07, 6.45) is 2.17. The van der Waals surface area contributed by atoms with Crippen LogP contribution in [0.4, 0.5) is 0 Å². The Morgan fingerprint density at radius 2 is 0.705 bits per heavy atom. The van der Waals surface area contributed by atoms with Gasteiger partial charge in [-0.15, -0.1) is 0 Å².